The van der Waals surface area contributed by atoms with Crippen molar-refractivity contribution >= 4 is 5.78 Å². The van der Waals surface area contributed by atoms with Crippen LogP contribution in [0, 0.1) is 13.8 Å². The number of carbonyl (C=O) groups excluding carboxylic acids is 1. The molecule has 0 heterocycles. The lowest BCUT2D eigenvalue weighted by Gasteiger charge is -2.17. The molecule has 0 fully saturated rings. The minimum absolute atomic E-state index is 0.332. The monoisotopic (exact) mass is 253 g/mol. The number of aliphatic hydroxyl groups is 1. The summed E-state index contributed by atoms with van der Waals surface area (Å²) in [5.41, 5.74) is 7.62. The van der Waals surface area contributed by atoms with Gasteiger partial charge in [-0.25, -0.2) is 0 Å². The highest BCUT2D eigenvalue weighted by atomic mass is 16.5. The maximum atomic E-state index is 12.1. The molecule has 1 rings (SSSR count). The molecule has 0 amide bonds. The highest BCUT2D eigenvalue weighted by molar-refractivity contribution is 6.03. The molecule has 1 unspecified atom stereocenters. The van der Waals surface area contributed by atoms with Gasteiger partial charge in [0.05, 0.1) is 32.4 Å². The molecule has 3 N–H and O–H groups in total. The molecule has 0 aliphatic rings. The maximum Gasteiger partial charge on any atom is 0.185 e. The van der Waals surface area contributed by atoms with Crippen LogP contribution in [0.5, 0.6) is 11.5 Å². The number of Topliss-reactive ketones (excluding diaryl/α,β-unsaturated/α-hetero) is 1. The Balaban J connectivity index is 3.42. The predicted octanol–water partition coefficient (Wildman–Crippen LogP) is 0.823. The van der Waals surface area contributed by atoms with Crippen molar-refractivity contribution in [1.29, 1.82) is 0 Å². The van der Waals surface area contributed by atoms with E-state index in [0.717, 1.165) is 11.1 Å². The summed E-state index contributed by atoms with van der Waals surface area (Å²) >= 11 is 0. The quantitative estimate of drug-likeness (QED) is 0.759. The van der Waals surface area contributed by atoms with E-state index < -0.39 is 12.6 Å². The first-order valence-electron chi connectivity index (χ1n) is 5.60. The minimum Gasteiger partial charge on any atom is -0.496 e. The Bertz CT molecular complexity index is 457. The van der Waals surface area contributed by atoms with Gasteiger partial charge < -0.3 is 20.3 Å². The van der Waals surface area contributed by atoms with Gasteiger partial charge in [0.1, 0.15) is 11.5 Å². The molecule has 100 valence electrons. The maximum absolute atomic E-state index is 12.1. The van der Waals surface area contributed by atoms with Gasteiger partial charge in [-0.2, -0.15) is 0 Å². The number of rotatable bonds is 5. The number of hydrogen-bond acceptors (Lipinski definition) is 5. The lowest BCUT2D eigenvalue weighted by Crippen LogP contribution is -2.34. The second-order valence-corrected chi connectivity index (χ2v) is 4.06. The van der Waals surface area contributed by atoms with Crippen LogP contribution in [0.3, 0.4) is 0 Å². The first-order valence-corrected chi connectivity index (χ1v) is 5.60. The first-order chi connectivity index (χ1) is 8.47. The number of nitrogens with two attached hydrogens (primary N) is 1. The molecular weight excluding hydrogens is 234 g/mol. The molecular formula is C13H19NO4. The molecule has 1 aromatic carbocycles. The van der Waals surface area contributed by atoms with Gasteiger partial charge in [-0.1, -0.05) is 0 Å². The fourth-order valence-electron chi connectivity index (χ4n) is 1.80. The van der Waals surface area contributed by atoms with Crippen molar-refractivity contribution in [1.82, 2.24) is 0 Å². The van der Waals surface area contributed by atoms with E-state index in [-0.39, 0.29) is 5.78 Å². The number of benzene rings is 1. The van der Waals surface area contributed by atoms with Gasteiger partial charge >= 0.3 is 0 Å². The summed E-state index contributed by atoms with van der Waals surface area (Å²) in [5, 5.41) is 8.96. The Morgan fingerprint density at radius 3 is 2.39 bits per heavy atom. The second kappa shape index (κ2) is 5.84. The Hall–Kier alpha value is -1.59. The second-order valence-electron chi connectivity index (χ2n) is 4.06. The minimum atomic E-state index is -0.953. The lowest BCUT2D eigenvalue weighted by molar-refractivity contribution is 0.0922. The number of ketones is 1. The topological polar surface area (TPSA) is 81.8 Å². The predicted molar refractivity (Wildman–Crippen MR) is 68.4 cm³/mol. The van der Waals surface area contributed by atoms with Crippen molar-refractivity contribution in [2.24, 2.45) is 5.73 Å². The van der Waals surface area contributed by atoms with Crippen LogP contribution in [0.4, 0.5) is 0 Å². The van der Waals surface area contributed by atoms with Gasteiger partial charge in [-0.15, -0.1) is 0 Å². The van der Waals surface area contributed by atoms with E-state index in [1.165, 1.54) is 14.2 Å². The molecule has 0 spiro atoms. The van der Waals surface area contributed by atoms with Crippen molar-refractivity contribution in [3.63, 3.8) is 0 Å². The Kier molecular flexibility index (Phi) is 4.69. The molecule has 0 radical (unpaired) electrons. The third-order valence-corrected chi connectivity index (χ3v) is 3.02. The molecule has 0 aliphatic carbocycles. The molecule has 1 atom stereocenters. The summed E-state index contributed by atoms with van der Waals surface area (Å²) < 4.78 is 10.5. The summed E-state index contributed by atoms with van der Waals surface area (Å²) in [4.78, 5) is 12.1. The fourth-order valence-corrected chi connectivity index (χ4v) is 1.80. The van der Waals surface area contributed by atoms with Crippen molar-refractivity contribution in [2.75, 3.05) is 20.8 Å². The van der Waals surface area contributed by atoms with Gasteiger partial charge in [-0.3, -0.25) is 4.79 Å². The van der Waals surface area contributed by atoms with Crippen LogP contribution in [-0.2, 0) is 0 Å². The van der Waals surface area contributed by atoms with Crippen molar-refractivity contribution in [3.05, 3.63) is 22.8 Å². The van der Waals surface area contributed by atoms with Crippen LogP contribution in [0.1, 0.15) is 21.5 Å². The number of methoxy groups -OCH3 is 2. The first kappa shape index (κ1) is 14.5. The molecule has 18 heavy (non-hydrogen) atoms. The third kappa shape index (κ3) is 2.47. The van der Waals surface area contributed by atoms with E-state index in [4.69, 9.17) is 20.3 Å². The van der Waals surface area contributed by atoms with Crippen LogP contribution < -0.4 is 15.2 Å². The van der Waals surface area contributed by atoms with Crippen molar-refractivity contribution < 1.29 is 19.4 Å². The average Bonchev–Trinajstić information content (AvgIpc) is 2.39. The normalized spacial score (nSPS) is 12.1. The van der Waals surface area contributed by atoms with E-state index in [2.05, 4.69) is 0 Å². The molecule has 0 bridgehead atoms. The van der Waals surface area contributed by atoms with E-state index in [1.807, 2.05) is 13.8 Å². The molecule has 5 nitrogen and oxygen atoms in total. The van der Waals surface area contributed by atoms with Crippen LogP contribution in [0.2, 0.25) is 0 Å². The molecule has 5 heteroatoms. The molecule has 1 aromatic rings. The van der Waals surface area contributed by atoms with Gasteiger partial charge in [-0.05, 0) is 31.0 Å². The van der Waals surface area contributed by atoms with Crippen LogP contribution in [-0.4, -0.2) is 37.8 Å². The molecule has 0 saturated carbocycles. The number of ether oxygens (including phenoxy) is 2. The van der Waals surface area contributed by atoms with E-state index >= 15 is 0 Å². The smallest absolute Gasteiger partial charge is 0.185 e. The lowest BCUT2D eigenvalue weighted by atomic mass is 9.97. The average molecular weight is 253 g/mol. The van der Waals surface area contributed by atoms with Gasteiger partial charge in [0, 0.05) is 0 Å². The van der Waals surface area contributed by atoms with E-state index in [9.17, 15) is 4.79 Å². The third-order valence-electron chi connectivity index (χ3n) is 3.02. The summed E-state index contributed by atoms with van der Waals surface area (Å²) in [5.74, 6) is 0.708. The molecule has 0 saturated heterocycles. The zero-order chi connectivity index (χ0) is 13.9. The molecule has 0 aliphatic heterocycles. The summed E-state index contributed by atoms with van der Waals surface area (Å²) in [6.07, 6.45) is 0. The van der Waals surface area contributed by atoms with Gasteiger partial charge in [0.2, 0.25) is 0 Å². The highest BCUT2D eigenvalue weighted by Gasteiger charge is 2.23. The highest BCUT2D eigenvalue weighted by Crippen LogP contribution is 2.33. The van der Waals surface area contributed by atoms with Crippen LogP contribution in [0.25, 0.3) is 0 Å². The van der Waals surface area contributed by atoms with Crippen molar-refractivity contribution in [2.45, 2.75) is 19.9 Å². The zero-order valence-electron chi connectivity index (χ0n) is 11.1. The van der Waals surface area contributed by atoms with E-state index in [0.29, 0.717) is 17.1 Å². The standard InChI is InChI=1S/C13H19NO4/c1-7-8(2)13(18-4)9(5-11(7)17-3)12(16)10(14)6-15/h5,10,15H,6,14H2,1-4H3. The SMILES string of the molecule is COc1cc(C(=O)C(N)CO)c(OC)c(C)c1C. The Morgan fingerprint density at radius 1 is 1.33 bits per heavy atom. The summed E-state index contributed by atoms with van der Waals surface area (Å²) in [6, 6.07) is 0.643. The van der Waals surface area contributed by atoms with Gasteiger partial charge in [0.15, 0.2) is 5.78 Å². The molecule has 0 aromatic heterocycles. The number of hydrogen-bond donors (Lipinski definition) is 2. The Morgan fingerprint density at radius 2 is 1.94 bits per heavy atom. The van der Waals surface area contributed by atoms with E-state index in [1.54, 1.807) is 6.07 Å². The summed E-state index contributed by atoms with van der Waals surface area (Å²) in [7, 11) is 3.03. The fraction of sp³-hybridized carbons (Fsp3) is 0.462. The largest absolute Gasteiger partial charge is 0.496 e. The summed E-state index contributed by atoms with van der Waals surface area (Å²) in [6.45, 7) is 3.33. The van der Waals surface area contributed by atoms with Crippen molar-refractivity contribution in [3.8, 4) is 11.5 Å². The Labute approximate surface area is 107 Å². The van der Waals surface area contributed by atoms with Gasteiger partial charge in [0.25, 0.3) is 0 Å². The zero-order valence-corrected chi connectivity index (χ0v) is 11.1. The van der Waals surface area contributed by atoms with Crippen LogP contribution in [0.15, 0.2) is 6.07 Å². The number of aliphatic hydroxyl groups excluding tert-OH is 1. The number of carbonyl (C=O) groups is 1. The van der Waals surface area contributed by atoms with Crippen LogP contribution >= 0.6 is 0 Å².